The number of piperidine rings is 1. The van der Waals surface area contributed by atoms with E-state index in [2.05, 4.69) is 10.6 Å². The zero-order valence-corrected chi connectivity index (χ0v) is 14.8. The molecule has 1 unspecified atom stereocenters. The average Bonchev–Trinajstić information content (AvgIpc) is 3.02. The number of rotatable bonds is 4. The molecule has 1 fully saturated rings. The number of nitrogens with zero attached hydrogens (tertiary/aromatic N) is 1. The number of fused-ring (bicyclic) bond motifs is 1. The van der Waals surface area contributed by atoms with Crippen molar-refractivity contribution in [2.75, 3.05) is 5.32 Å². The first-order valence-electron chi connectivity index (χ1n) is 9.29. The Bertz CT molecular complexity index is 1040. The van der Waals surface area contributed by atoms with Crippen molar-refractivity contribution in [3.63, 3.8) is 0 Å². The summed E-state index contributed by atoms with van der Waals surface area (Å²) in [6.45, 7) is 0.151. The standard InChI is InChI=1S/C20H18FN3O4/c21-15-8-12(25)5-4-11(15)9-22-16-3-1-2-13-14(16)10-24(20(13)28)17-6-7-18(26)23-19(17)27/h1-5,8,17,22,25H,6-7,9-10H2,(H,23,26,27)/i17D. The van der Waals surface area contributed by atoms with E-state index in [4.69, 9.17) is 1.37 Å². The minimum Gasteiger partial charge on any atom is -0.508 e. The molecular formula is C20H18FN3O4. The van der Waals surface area contributed by atoms with E-state index in [9.17, 15) is 23.9 Å². The highest BCUT2D eigenvalue weighted by Gasteiger charge is 2.39. The van der Waals surface area contributed by atoms with Crippen molar-refractivity contribution in [2.45, 2.75) is 31.9 Å². The van der Waals surface area contributed by atoms with Crippen LogP contribution in [-0.2, 0) is 22.7 Å². The van der Waals surface area contributed by atoms with Crippen LogP contribution in [0.25, 0.3) is 0 Å². The van der Waals surface area contributed by atoms with Crippen molar-refractivity contribution in [3.8, 4) is 5.75 Å². The van der Waals surface area contributed by atoms with Crippen molar-refractivity contribution in [1.29, 1.82) is 0 Å². The molecule has 2 heterocycles. The molecule has 0 bridgehead atoms. The lowest BCUT2D eigenvalue weighted by Crippen LogP contribution is -2.52. The van der Waals surface area contributed by atoms with Gasteiger partial charge in [0, 0.05) is 48.0 Å². The average molecular weight is 384 g/mol. The predicted octanol–water partition coefficient (Wildman–Crippen LogP) is 1.90. The summed E-state index contributed by atoms with van der Waals surface area (Å²) in [5, 5.41) is 14.5. The van der Waals surface area contributed by atoms with Gasteiger partial charge in [-0.15, -0.1) is 0 Å². The first-order chi connectivity index (χ1) is 13.8. The number of hydrogen-bond donors (Lipinski definition) is 3. The quantitative estimate of drug-likeness (QED) is 0.700. The lowest BCUT2D eigenvalue weighted by Gasteiger charge is -2.29. The van der Waals surface area contributed by atoms with Crippen LogP contribution in [0.3, 0.4) is 0 Å². The van der Waals surface area contributed by atoms with Crippen LogP contribution >= 0.6 is 0 Å². The van der Waals surface area contributed by atoms with Crippen LogP contribution in [0, 0.1) is 5.82 Å². The van der Waals surface area contributed by atoms with Gasteiger partial charge in [0.05, 0.1) is 1.37 Å². The lowest BCUT2D eigenvalue weighted by atomic mass is 10.0. The van der Waals surface area contributed by atoms with Crippen molar-refractivity contribution >= 4 is 23.4 Å². The van der Waals surface area contributed by atoms with Crippen molar-refractivity contribution in [3.05, 3.63) is 58.9 Å². The zero-order chi connectivity index (χ0) is 20.8. The van der Waals surface area contributed by atoms with E-state index in [1.165, 1.54) is 12.1 Å². The summed E-state index contributed by atoms with van der Waals surface area (Å²) in [4.78, 5) is 37.7. The number of benzene rings is 2. The first kappa shape index (κ1) is 16.7. The molecule has 2 aliphatic heterocycles. The van der Waals surface area contributed by atoms with Gasteiger partial charge in [-0.3, -0.25) is 19.7 Å². The van der Waals surface area contributed by atoms with Crippen LogP contribution in [0.2, 0.25) is 0 Å². The zero-order valence-electron chi connectivity index (χ0n) is 15.8. The van der Waals surface area contributed by atoms with Gasteiger partial charge in [0.15, 0.2) is 0 Å². The topological polar surface area (TPSA) is 98.7 Å². The van der Waals surface area contributed by atoms with Crippen molar-refractivity contribution in [2.24, 2.45) is 0 Å². The largest absolute Gasteiger partial charge is 0.508 e. The molecule has 1 saturated heterocycles. The highest BCUT2D eigenvalue weighted by atomic mass is 19.1. The third kappa shape index (κ3) is 3.17. The molecule has 3 amide bonds. The van der Waals surface area contributed by atoms with Gasteiger partial charge in [0.1, 0.15) is 17.6 Å². The molecule has 3 N–H and O–H groups in total. The third-order valence-electron chi connectivity index (χ3n) is 4.90. The van der Waals surface area contributed by atoms with Gasteiger partial charge < -0.3 is 15.3 Å². The Morgan fingerprint density at radius 1 is 1.29 bits per heavy atom. The van der Waals surface area contributed by atoms with E-state index < -0.39 is 29.6 Å². The van der Waals surface area contributed by atoms with Crippen molar-refractivity contribution < 1.29 is 25.3 Å². The smallest absolute Gasteiger partial charge is 0.255 e. The van der Waals surface area contributed by atoms with Gasteiger partial charge in [0.25, 0.3) is 5.91 Å². The van der Waals surface area contributed by atoms with E-state index in [1.54, 1.807) is 18.2 Å². The number of halogens is 1. The second kappa shape index (κ2) is 6.95. The van der Waals surface area contributed by atoms with Gasteiger partial charge in [-0.25, -0.2) is 4.39 Å². The Morgan fingerprint density at radius 3 is 2.86 bits per heavy atom. The third-order valence-corrected chi connectivity index (χ3v) is 4.90. The Labute approximate surface area is 161 Å². The molecule has 144 valence electrons. The maximum atomic E-state index is 14.0. The van der Waals surface area contributed by atoms with E-state index >= 15 is 0 Å². The Morgan fingerprint density at radius 2 is 2.11 bits per heavy atom. The molecule has 2 aliphatic rings. The molecule has 0 spiro atoms. The normalized spacial score (nSPS) is 22.0. The maximum Gasteiger partial charge on any atom is 0.255 e. The number of carbonyl (C=O) groups excluding carboxylic acids is 3. The molecule has 2 aromatic carbocycles. The number of phenolic OH excluding ortho intramolecular Hbond substituents is 1. The van der Waals surface area contributed by atoms with Crippen molar-refractivity contribution in [1.82, 2.24) is 10.2 Å². The van der Waals surface area contributed by atoms with Gasteiger partial charge in [-0.05, 0) is 24.6 Å². The number of amides is 3. The van der Waals surface area contributed by atoms with Crippen LogP contribution < -0.4 is 10.6 Å². The molecule has 0 saturated carbocycles. The number of carbonyl (C=O) groups is 3. The lowest BCUT2D eigenvalue weighted by molar-refractivity contribution is -0.136. The first-order valence-corrected chi connectivity index (χ1v) is 8.79. The van der Waals surface area contributed by atoms with E-state index in [0.717, 1.165) is 11.0 Å². The summed E-state index contributed by atoms with van der Waals surface area (Å²) < 4.78 is 22.5. The van der Waals surface area contributed by atoms with Gasteiger partial charge in [-0.2, -0.15) is 0 Å². The Hall–Kier alpha value is -3.42. The summed E-state index contributed by atoms with van der Waals surface area (Å²) in [5.74, 6) is -2.45. The van der Waals surface area contributed by atoms with Gasteiger partial charge >= 0.3 is 0 Å². The number of anilines is 1. The number of nitrogens with one attached hydrogen (secondary N) is 2. The monoisotopic (exact) mass is 384 g/mol. The van der Waals surface area contributed by atoms with E-state index in [0.29, 0.717) is 22.4 Å². The second-order valence-electron chi connectivity index (χ2n) is 6.68. The molecule has 28 heavy (non-hydrogen) atoms. The molecule has 7 nitrogen and oxygen atoms in total. The molecule has 0 radical (unpaired) electrons. The Balaban J connectivity index is 1.58. The number of imide groups is 1. The fourth-order valence-corrected chi connectivity index (χ4v) is 3.45. The molecular weight excluding hydrogens is 365 g/mol. The van der Waals surface area contributed by atoms with Crippen LogP contribution in [0.1, 0.15) is 35.7 Å². The minimum atomic E-state index is -1.86. The summed E-state index contributed by atoms with van der Waals surface area (Å²) in [7, 11) is 0. The molecule has 4 rings (SSSR count). The minimum absolute atomic E-state index is 0.0133. The molecule has 0 aliphatic carbocycles. The number of phenols is 1. The fraction of sp³-hybridized carbons (Fsp3) is 0.250. The summed E-state index contributed by atoms with van der Waals surface area (Å²) in [6.07, 6.45) is -0.0839. The highest BCUT2D eigenvalue weighted by Crippen LogP contribution is 2.32. The SMILES string of the molecule is [2H]C1(N2Cc3c(NCc4ccc(O)cc4F)cccc3C2=O)CCC(=O)NC1=O. The van der Waals surface area contributed by atoms with Gasteiger partial charge in [-0.1, -0.05) is 12.1 Å². The molecule has 2 aromatic rings. The second-order valence-corrected chi connectivity index (χ2v) is 6.68. The maximum absolute atomic E-state index is 14.0. The van der Waals surface area contributed by atoms with Crippen LogP contribution in [0.15, 0.2) is 36.4 Å². The number of hydrogen-bond acceptors (Lipinski definition) is 5. The highest BCUT2D eigenvalue weighted by molar-refractivity contribution is 6.06. The van der Waals surface area contributed by atoms with Crippen LogP contribution in [0.4, 0.5) is 10.1 Å². The fourth-order valence-electron chi connectivity index (χ4n) is 3.45. The van der Waals surface area contributed by atoms with Gasteiger partial charge in [0.2, 0.25) is 11.8 Å². The molecule has 8 heteroatoms. The molecule has 0 aromatic heterocycles. The van der Waals surface area contributed by atoms with Crippen LogP contribution in [-0.4, -0.2) is 33.7 Å². The Kier molecular flexibility index (Phi) is 4.16. The molecule has 1 atom stereocenters. The summed E-state index contributed by atoms with van der Waals surface area (Å²) in [5.41, 5.74) is 1.89. The van der Waals surface area contributed by atoms with Crippen LogP contribution in [0.5, 0.6) is 5.75 Å². The number of aromatic hydroxyl groups is 1. The van der Waals surface area contributed by atoms with E-state index in [-0.39, 0.29) is 31.7 Å². The summed E-state index contributed by atoms with van der Waals surface area (Å²) in [6, 6.07) is 7.01. The van der Waals surface area contributed by atoms with E-state index in [1.807, 2.05) is 0 Å². The summed E-state index contributed by atoms with van der Waals surface area (Å²) >= 11 is 0. The predicted molar refractivity (Wildman–Crippen MR) is 97.9 cm³/mol.